The van der Waals surface area contributed by atoms with Crippen LogP contribution in [0.2, 0.25) is 5.02 Å². The third kappa shape index (κ3) is 4.69. The Morgan fingerprint density at radius 2 is 1.90 bits per heavy atom. The monoisotopic (exact) mass is 423 g/mol. The molecule has 3 aromatic rings. The quantitative estimate of drug-likeness (QED) is 0.544. The zero-order valence-corrected chi connectivity index (χ0v) is 17.5. The molecule has 4 N–H and O–H groups in total. The van der Waals surface area contributed by atoms with E-state index < -0.39 is 5.91 Å². The van der Waals surface area contributed by atoms with Crippen molar-refractivity contribution >= 4 is 23.2 Å². The van der Waals surface area contributed by atoms with Gasteiger partial charge < -0.3 is 20.7 Å². The first kappa shape index (κ1) is 20.5. The van der Waals surface area contributed by atoms with Crippen LogP contribution in [0.25, 0.3) is 5.69 Å². The highest BCUT2D eigenvalue weighted by Crippen LogP contribution is 2.27. The van der Waals surface area contributed by atoms with E-state index in [0.29, 0.717) is 5.56 Å². The number of anilines is 1. The summed E-state index contributed by atoms with van der Waals surface area (Å²) in [6, 6.07) is 17.8. The van der Waals surface area contributed by atoms with Gasteiger partial charge in [-0.1, -0.05) is 23.7 Å². The van der Waals surface area contributed by atoms with Crippen LogP contribution in [0.3, 0.4) is 0 Å². The number of benzene rings is 2. The fourth-order valence-electron chi connectivity index (χ4n) is 4.12. The van der Waals surface area contributed by atoms with Crippen molar-refractivity contribution < 1.29 is 9.90 Å². The van der Waals surface area contributed by atoms with Crippen LogP contribution in [0.5, 0.6) is 0 Å². The number of primary amides is 1. The fourth-order valence-corrected chi connectivity index (χ4v) is 4.34. The van der Waals surface area contributed by atoms with Gasteiger partial charge in [-0.25, -0.2) is 0 Å². The third-order valence-electron chi connectivity index (χ3n) is 5.71. The lowest BCUT2D eigenvalue weighted by atomic mass is 9.92. The highest BCUT2D eigenvalue weighted by Gasteiger charge is 2.21. The predicted molar refractivity (Wildman–Crippen MR) is 120 cm³/mol. The van der Waals surface area contributed by atoms with Crippen molar-refractivity contribution in [2.45, 2.75) is 44.2 Å². The van der Waals surface area contributed by atoms with E-state index in [4.69, 9.17) is 17.3 Å². The molecule has 0 aliphatic heterocycles. The minimum atomic E-state index is -0.452. The van der Waals surface area contributed by atoms with Gasteiger partial charge in [0.05, 0.1) is 11.7 Å². The molecule has 156 valence electrons. The van der Waals surface area contributed by atoms with E-state index >= 15 is 0 Å². The number of aromatic nitrogens is 1. The summed E-state index contributed by atoms with van der Waals surface area (Å²) in [5.41, 5.74) is 10.1. The molecule has 5 nitrogen and oxygen atoms in total. The number of hydrogen-bond acceptors (Lipinski definition) is 3. The second-order valence-electron chi connectivity index (χ2n) is 7.92. The topological polar surface area (TPSA) is 80.3 Å². The Balaban J connectivity index is 1.62. The molecule has 0 spiro atoms. The Kier molecular flexibility index (Phi) is 6.11. The molecule has 0 bridgehead atoms. The second kappa shape index (κ2) is 8.94. The molecule has 1 aromatic heterocycles. The summed E-state index contributed by atoms with van der Waals surface area (Å²) in [5, 5.41) is 14.0. The number of nitrogens with one attached hydrogen (secondary N) is 1. The van der Waals surface area contributed by atoms with Gasteiger partial charge in [-0.2, -0.15) is 0 Å². The van der Waals surface area contributed by atoms with Gasteiger partial charge in [0.1, 0.15) is 0 Å². The van der Waals surface area contributed by atoms with Crippen molar-refractivity contribution in [1.82, 2.24) is 4.57 Å². The van der Waals surface area contributed by atoms with Gasteiger partial charge in [-0.05, 0) is 73.7 Å². The van der Waals surface area contributed by atoms with E-state index in [9.17, 15) is 9.90 Å². The summed E-state index contributed by atoms with van der Waals surface area (Å²) < 4.78 is 2.11. The van der Waals surface area contributed by atoms with E-state index in [1.807, 2.05) is 42.6 Å². The molecule has 30 heavy (non-hydrogen) atoms. The Morgan fingerprint density at radius 3 is 2.63 bits per heavy atom. The van der Waals surface area contributed by atoms with Crippen LogP contribution in [-0.4, -0.2) is 27.7 Å². The summed E-state index contributed by atoms with van der Waals surface area (Å²) in [6.07, 6.45) is 5.81. The molecule has 1 fully saturated rings. The summed E-state index contributed by atoms with van der Waals surface area (Å²) >= 11 is 6.14. The molecule has 6 heteroatoms. The van der Waals surface area contributed by atoms with Gasteiger partial charge in [0.2, 0.25) is 0 Å². The zero-order valence-electron chi connectivity index (χ0n) is 16.7. The standard InChI is InChI=1S/C24H26ClN3O2/c25-17-4-1-3-16(13-17)14-19-5-2-12-28(19)20-8-11-22(24(26)30)23(15-20)27-18-6-9-21(29)10-7-18/h1-5,8,11-13,15,18,21,27,29H,6-7,9-10,14H2,(H2,26,30). The Labute approximate surface area is 181 Å². The summed E-state index contributed by atoms with van der Waals surface area (Å²) in [4.78, 5) is 12.0. The van der Waals surface area contributed by atoms with Crippen LogP contribution in [0.15, 0.2) is 60.8 Å². The Morgan fingerprint density at radius 1 is 1.10 bits per heavy atom. The highest BCUT2D eigenvalue weighted by atomic mass is 35.5. The minimum absolute atomic E-state index is 0.220. The summed E-state index contributed by atoms with van der Waals surface area (Å²) in [7, 11) is 0. The largest absolute Gasteiger partial charge is 0.393 e. The van der Waals surface area contributed by atoms with Crippen LogP contribution < -0.4 is 11.1 Å². The third-order valence-corrected chi connectivity index (χ3v) is 5.95. The molecule has 1 heterocycles. The van der Waals surface area contributed by atoms with Crippen LogP contribution in [-0.2, 0) is 6.42 Å². The number of aliphatic hydroxyl groups is 1. The van der Waals surface area contributed by atoms with Gasteiger partial charge in [0.25, 0.3) is 5.91 Å². The van der Waals surface area contributed by atoms with Crippen molar-refractivity contribution in [2.75, 3.05) is 5.32 Å². The average Bonchev–Trinajstić information content (AvgIpc) is 3.17. The number of rotatable bonds is 6. The van der Waals surface area contributed by atoms with Gasteiger partial charge in [-0.3, -0.25) is 4.79 Å². The number of carbonyl (C=O) groups excluding carboxylic acids is 1. The lowest BCUT2D eigenvalue weighted by Crippen LogP contribution is -2.29. The van der Waals surface area contributed by atoms with Crippen molar-refractivity contribution in [1.29, 1.82) is 0 Å². The molecule has 4 rings (SSSR count). The molecule has 0 atom stereocenters. The van der Waals surface area contributed by atoms with Gasteiger partial charge in [0, 0.05) is 40.8 Å². The fraction of sp³-hybridized carbons (Fsp3) is 0.292. The van der Waals surface area contributed by atoms with E-state index in [1.165, 1.54) is 0 Å². The van der Waals surface area contributed by atoms with Crippen LogP contribution in [0.4, 0.5) is 5.69 Å². The highest BCUT2D eigenvalue weighted by molar-refractivity contribution is 6.30. The molecule has 1 aliphatic carbocycles. The van der Waals surface area contributed by atoms with E-state index in [1.54, 1.807) is 6.07 Å². The van der Waals surface area contributed by atoms with Crippen molar-refractivity contribution in [3.8, 4) is 5.69 Å². The smallest absolute Gasteiger partial charge is 0.250 e. The van der Waals surface area contributed by atoms with E-state index in [0.717, 1.165) is 59.8 Å². The molecule has 0 radical (unpaired) electrons. The maximum absolute atomic E-state index is 12.0. The molecule has 0 unspecified atom stereocenters. The number of amides is 1. The van der Waals surface area contributed by atoms with E-state index in [-0.39, 0.29) is 12.1 Å². The molecule has 1 saturated carbocycles. The van der Waals surface area contributed by atoms with Gasteiger partial charge in [-0.15, -0.1) is 0 Å². The van der Waals surface area contributed by atoms with Crippen molar-refractivity contribution in [3.05, 3.63) is 82.6 Å². The molecule has 2 aromatic carbocycles. The first-order valence-electron chi connectivity index (χ1n) is 10.3. The first-order valence-corrected chi connectivity index (χ1v) is 10.7. The van der Waals surface area contributed by atoms with Gasteiger partial charge in [0.15, 0.2) is 0 Å². The van der Waals surface area contributed by atoms with Crippen molar-refractivity contribution in [2.24, 2.45) is 5.73 Å². The summed E-state index contributed by atoms with van der Waals surface area (Å²) in [5.74, 6) is -0.452. The number of halogens is 1. The zero-order chi connectivity index (χ0) is 21.1. The minimum Gasteiger partial charge on any atom is -0.393 e. The lowest BCUT2D eigenvalue weighted by Gasteiger charge is -2.28. The SMILES string of the molecule is NC(=O)c1ccc(-n2cccc2Cc2cccc(Cl)c2)cc1NC1CCC(O)CC1. The molecular formula is C24H26ClN3O2. The number of hydrogen-bond donors (Lipinski definition) is 3. The predicted octanol–water partition coefficient (Wildman–Crippen LogP) is 4.54. The van der Waals surface area contributed by atoms with Crippen LogP contribution in [0, 0.1) is 0 Å². The number of carbonyl (C=O) groups is 1. The average molecular weight is 424 g/mol. The number of aliphatic hydroxyl groups excluding tert-OH is 1. The first-order chi connectivity index (χ1) is 14.5. The molecule has 1 aliphatic rings. The lowest BCUT2D eigenvalue weighted by molar-refractivity contribution is 0.100. The second-order valence-corrected chi connectivity index (χ2v) is 8.36. The summed E-state index contributed by atoms with van der Waals surface area (Å²) in [6.45, 7) is 0. The van der Waals surface area contributed by atoms with E-state index in [2.05, 4.69) is 22.0 Å². The van der Waals surface area contributed by atoms with Crippen LogP contribution >= 0.6 is 11.6 Å². The Hall–Kier alpha value is -2.76. The maximum Gasteiger partial charge on any atom is 0.250 e. The number of nitrogens with two attached hydrogens (primary N) is 1. The van der Waals surface area contributed by atoms with Crippen molar-refractivity contribution in [3.63, 3.8) is 0 Å². The molecule has 0 saturated heterocycles. The van der Waals surface area contributed by atoms with Gasteiger partial charge >= 0.3 is 0 Å². The maximum atomic E-state index is 12.0. The Bertz CT molecular complexity index is 1040. The van der Waals surface area contributed by atoms with Crippen LogP contribution in [0.1, 0.15) is 47.3 Å². The molecule has 1 amide bonds. The molecular weight excluding hydrogens is 398 g/mol. The number of nitrogens with zero attached hydrogens (tertiary/aromatic N) is 1. The normalized spacial score (nSPS) is 18.9.